The topological polar surface area (TPSA) is 52.6 Å². The average molecular weight is 424 g/mol. The monoisotopic (exact) mass is 423 g/mol. The molecule has 0 aliphatic heterocycles. The van der Waals surface area contributed by atoms with Crippen LogP contribution < -0.4 is 15.8 Å². The zero-order chi connectivity index (χ0) is 21.7. The summed E-state index contributed by atoms with van der Waals surface area (Å²) in [5.41, 5.74) is 3.83. The quantitative estimate of drug-likeness (QED) is 0.511. The molecule has 2 aromatic carbocycles. The smallest absolute Gasteiger partial charge is 0.253 e. The Morgan fingerprint density at radius 1 is 1.17 bits per heavy atom. The van der Waals surface area contributed by atoms with Gasteiger partial charge in [0.1, 0.15) is 0 Å². The molecule has 3 aromatic rings. The number of quaternary nitrogens is 1. The van der Waals surface area contributed by atoms with Crippen molar-refractivity contribution in [2.45, 2.75) is 26.4 Å². The maximum absolute atomic E-state index is 12.7. The molecule has 0 aliphatic rings. The summed E-state index contributed by atoms with van der Waals surface area (Å²) in [6.07, 6.45) is 0. The second-order valence-corrected chi connectivity index (χ2v) is 8.56. The van der Waals surface area contributed by atoms with E-state index in [9.17, 15) is 4.79 Å². The Bertz CT molecular complexity index is 1060. The molecule has 0 saturated carbocycles. The number of H-pyrrole nitrogens is 1. The number of aryl methyl sites for hydroxylation is 1. The van der Waals surface area contributed by atoms with Gasteiger partial charge in [0.05, 0.1) is 39.8 Å². The van der Waals surface area contributed by atoms with Gasteiger partial charge in [0.25, 0.3) is 5.56 Å². The van der Waals surface area contributed by atoms with Crippen LogP contribution in [0.4, 0.5) is 0 Å². The van der Waals surface area contributed by atoms with Gasteiger partial charge in [-0.25, -0.2) is 0 Å². The molecule has 0 aliphatic carbocycles. The normalized spacial score (nSPS) is 12.2. The maximum atomic E-state index is 12.7. The largest absolute Gasteiger partial charge is 0.356 e. The van der Waals surface area contributed by atoms with Crippen molar-refractivity contribution in [2.75, 3.05) is 27.2 Å². The van der Waals surface area contributed by atoms with Gasteiger partial charge in [0.15, 0.2) is 5.11 Å². The molecule has 5 nitrogen and oxygen atoms in total. The van der Waals surface area contributed by atoms with Crippen LogP contribution in [0.2, 0.25) is 0 Å². The van der Waals surface area contributed by atoms with Crippen LogP contribution in [0, 0.1) is 6.92 Å². The number of benzene rings is 2. The van der Waals surface area contributed by atoms with Crippen LogP contribution in [-0.2, 0) is 6.54 Å². The molecule has 1 heterocycles. The van der Waals surface area contributed by atoms with Crippen LogP contribution >= 0.6 is 12.2 Å². The predicted molar refractivity (Wildman–Crippen MR) is 128 cm³/mol. The van der Waals surface area contributed by atoms with Crippen molar-refractivity contribution in [2.24, 2.45) is 0 Å². The number of hydrogen-bond donors (Lipinski definition) is 3. The number of aromatic amines is 1. The number of nitrogens with zero attached hydrogens (tertiary/aromatic N) is 1. The lowest BCUT2D eigenvalue weighted by Crippen LogP contribution is -3.06. The Morgan fingerprint density at radius 3 is 2.60 bits per heavy atom. The lowest BCUT2D eigenvalue weighted by Gasteiger charge is -2.28. The molecule has 6 heteroatoms. The van der Waals surface area contributed by atoms with Crippen molar-refractivity contribution < 1.29 is 4.90 Å². The first-order valence-electron chi connectivity index (χ1n) is 10.4. The summed E-state index contributed by atoms with van der Waals surface area (Å²) >= 11 is 5.75. The molecule has 0 spiro atoms. The van der Waals surface area contributed by atoms with E-state index in [4.69, 9.17) is 12.2 Å². The van der Waals surface area contributed by atoms with E-state index in [-0.39, 0.29) is 11.6 Å². The van der Waals surface area contributed by atoms with Crippen molar-refractivity contribution in [3.63, 3.8) is 0 Å². The van der Waals surface area contributed by atoms with Crippen LogP contribution in [0.1, 0.15) is 29.7 Å². The summed E-state index contributed by atoms with van der Waals surface area (Å²) in [5.74, 6) is 0. The zero-order valence-electron chi connectivity index (χ0n) is 18.2. The Labute approximate surface area is 183 Å². The van der Waals surface area contributed by atoms with Gasteiger partial charge in [0.2, 0.25) is 0 Å². The summed E-state index contributed by atoms with van der Waals surface area (Å²) in [6, 6.07) is 18.4. The van der Waals surface area contributed by atoms with Crippen LogP contribution in [0.15, 0.2) is 59.4 Å². The molecule has 30 heavy (non-hydrogen) atoms. The number of fused-ring (bicyclic) bond motifs is 1. The van der Waals surface area contributed by atoms with Crippen LogP contribution in [-0.4, -0.2) is 42.2 Å². The highest BCUT2D eigenvalue weighted by Crippen LogP contribution is 2.15. The van der Waals surface area contributed by atoms with E-state index in [0.717, 1.165) is 35.1 Å². The van der Waals surface area contributed by atoms with Crippen molar-refractivity contribution in [1.82, 2.24) is 15.2 Å². The van der Waals surface area contributed by atoms with Crippen molar-refractivity contribution in [3.05, 3.63) is 81.6 Å². The third kappa shape index (κ3) is 5.68. The minimum atomic E-state index is -0.0609. The molecule has 0 radical (unpaired) electrons. The molecule has 3 rings (SSSR count). The number of pyridine rings is 1. The van der Waals surface area contributed by atoms with Gasteiger partial charge in [0, 0.05) is 11.1 Å². The van der Waals surface area contributed by atoms with E-state index in [1.54, 1.807) is 0 Å². The molecule has 158 valence electrons. The summed E-state index contributed by atoms with van der Waals surface area (Å²) in [6.45, 7) is 6.28. The maximum Gasteiger partial charge on any atom is 0.253 e. The highest BCUT2D eigenvalue weighted by atomic mass is 32.1. The van der Waals surface area contributed by atoms with E-state index in [1.807, 2.05) is 43.3 Å². The number of hydrogen-bond acceptors (Lipinski definition) is 2. The average Bonchev–Trinajstić information content (AvgIpc) is 2.71. The number of rotatable bonds is 7. The molecule has 1 aromatic heterocycles. The number of aromatic nitrogens is 1. The lowest BCUT2D eigenvalue weighted by molar-refractivity contribution is -0.857. The summed E-state index contributed by atoms with van der Waals surface area (Å²) < 4.78 is 0. The van der Waals surface area contributed by atoms with Gasteiger partial charge in [-0.3, -0.25) is 4.79 Å². The second-order valence-electron chi connectivity index (χ2n) is 8.17. The lowest BCUT2D eigenvalue weighted by atomic mass is 10.1. The third-order valence-electron chi connectivity index (χ3n) is 5.25. The number of likely N-dealkylation sites (N-methyl/N-ethyl adjacent to an activating group) is 1. The molecule has 1 atom stereocenters. The fourth-order valence-electron chi connectivity index (χ4n) is 3.40. The van der Waals surface area contributed by atoms with Gasteiger partial charge < -0.3 is 20.1 Å². The summed E-state index contributed by atoms with van der Waals surface area (Å²) in [5, 5.41) is 5.14. The van der Waals surface area contributed by atoms with Crippen LogP contribution in [0.25, 0.3) is 10.9 Å². The Hall–Kier alpha value is -2.70. The molecule has 0 fully saturated rings. The van der Waals surface area contributed by atoms with Crippen molar-refractivity contribution >= 4 is 28.2 Å². The molecule has 3 N–H and O–H groups in total. The first-order valence-corrected chi connectivity index (χ1v) is 10.8. The Morgan fingerprint density at radius 2 is 1.90 bits per heavy atom. The highest BCUT2D eigenvalue weighted by molar-refractivity contribution is 7.80. The van der Waals surface area contributed by atoms with E-state index in [2.05, 4.69) is 54.4 Å². The fourth-order valence-corrected chi connectivity index (χ4v) is 3.73. The van der Waals surface area contributed by atoms with Gasteiger partial charge in [-0.05, 0) is 54.7 Å². The van der Waals surface area contributed by atoms with Crippen LogP contribution in [0.3, 0.4) is 0 Å². The van der Waals surface area contributed by atoms with Crippen molar-refractivity contribution in [1.29, 1.82) is 0 Å². The van der Waals surface area contributed by atoms with E-state index in [0.29, 0.717) is 11.7 Å². The molecular weight excluding hydrogens is 392 g/mol. The van der Waals surface area contributed by atoms with Crippen molar-refractivity contribution in [3.8, 4) is 0 Å². The standard InChI is InChI=1S/C24H30N4OS/c1-17-10-11-20-15-21(23(29)26-22(20)14-17)16-28(13-12-27(3)4)24(30)25-18(2)19-8-6-5-7-9-19/h5-11,14-15,18H,12-13,16H2,1-4H3,(H,25,30)(H,26,29)/p+1/t18-/m0/s1. The summed E-state index contributed by atoms with van der Waals surface area (Å²) in [7, 11) is 4.23. The molecule has 0 bridgehead atoms. The van der Waals surface area contributed by atoms with Gasteiger partial charge in [-0.15, -0.1) is 0 Å². The first-order chi connectivity index (χ1) is 14.3. The highest BCUT2D eigenvalue weighted by Gasteiger charge is 2.17. The molecule has 0 amide bonds. The van der Waals surface area contributed by atoms with Crippen LogP contribution in [0.5, 0.6) is 0 Å². The molecule has 0 saturated heterocycles. The van der Waals surface area contributed by atoms with E-state index in [1.165, 1.54) is 10.5 Å². The minimum Gasteiger partial charge on any atom is -0.356 e. The van der Waals surface area contributed by atoms with E-state index >= 15 is 0 Å². The fraction of sp³-hybridized carbons (Fsp3) is 0.333. The predicted octanol–water partition coefficient (Wildman–Crippen LogP) is 2.42. The zero-order valence-corrected chi connectivity index (χ0v) is 19.0. The minimum absolute atomic E-state index is 0.0609. The second kappa shape index (κ2) is 9.87. The van der Waals surface area contributed by atoms with Gasteiger partial charge in [-0.1, -0.05) is 42.5 Å². The number of nitrogens with one attached hydrogen (secondary N) is 3. The van der Waals surface area contributed by atoms with Gasteiger partial charge in [-0.2, -0.15) is 0 Å². The molecule has 0 unspecified atom stereocenters. The van der Waals surface area contributed by atoms with E-state index < -0.39 is 0 Å². The number of thiocarbonyl (C=S) groups is 1. The first kappa shape index (κ1) is 22.0. The Kier molecular flexibility index (Phi) is 7.24. The molecular formula is C24H31N4OS+. The Balaban J connectivity index is 1.82. The van der Waals surface area contributed by atoms with Gasteiger partial charge >= 0.3 is 0 Å². The SMILES string of the molecule is Cc1ccc2cc(CN(CC[NH+](C)C)C(=S)N[C@@H](C)c3ccccc3)c(=O)[nH]c2c1. The summed E-state index contributed by atoms with van der Waals surface area (Å²) in [4.78, 5) is 19.2. The third-order valence-corrected chi connectivity index (χ3v) is 5.62.